The van der Waals surface area contributed by atoms with E-state index in [1.54, 1.807) is 18.2 Å². The lowest BCUT2D eigenvalue weighted by Crippen LogP contribution is -2.18. The van der Waals surface area contributed by atoms with Gasteiger partial charge in [0.05, 0.1) is 36.6 Å². The second kappa shape index (κ2) is 10.5. The summed E-state index contributed by atoms with van der Waals surface area (Å²) in [4.78, 5) is 14.3. The first-order chi connectivity index (χ1) is 15.8. The van der Waals surface area contributed by atoms with Crippen molar-refractivity contribution < 1.29 is 44.8 Å². The minimum absolute atomic E-state index is 0.236. The van der Waals surface area contributed by atoms with Crippen LogP contribution in [0.15, 0.2) is 59.6 Å². The van der Waals surface area contributed by atoms with Gasteiger partial charge in [0.25, 0.3) is 10.1 Å². The number of hydrogen-bond donors (Lipinski definition) is 2. The third-order valence-corrected chi connectivity index (χ3v) is 5.11. The lowest BCUT2D eigenvalue weighted by Gasteiger charge is -2.12. The molecule has 8 nitrogen and oxygen atoms in total. The number of rotatable bonds is 5. The maximum atomic E-state index is 12.5. The zero-order valence-corrected chi connectivity index (χ0v) is 18.4. The minimum atomic E-state index is -4.79. The molecule has 0 aliphatic carbocycles. The Morgan fingerprint density at radius 2 is 1.62 bits per heavy atom. The monoisotopic (exact) mass is 502 g/mol. The van der Waals surface area contributed by atoms with Gasteiger partial charge in [-0.2, -0.15) is 21.6 Å². The van der Waals surface area contributed by atoms with E-state index >= 15 is 0 Å². The molecule has 0 saturated carbocycles. The highest BCUT2D eigenvalue weighted by molar-refractivity contribution is 7.85. The van der Waals surface area contributed by atoms with E-state index in [1.807, 2.05) is 0 Å². The number of methoxy groups -OCH3 is 2. The van der Waals surface area contributed by atoms with Crippen LogP contribution in [-0.4, -0.2) is 38.1 Å². The molecular formula is C21H18F4N2O6S. The van der Waals surface area contributed by atoms with E-state index < -0.39 is 39.1 Å². The fraction of sp³-hybridized carbons (Fsp3) is 0.143. The first-order valence-electron chi connectivity index (χ1n) is 9.11. The van der Waals surface area contributed by atoms with Crippen LogP contribution in [0.1, 0.15) is 15.9 Å². The highest BCUT2D eigenvalue weighted by Crippen LogP contribution is 2.37. The zero-order valence-electron chi connectivity index (χ0n) is 17.6. The van der Waals surface area contributed by atoms with Gasteiger partial charge in [-0.3, -0.25) is 14.3 Å². The molecule has 3 rings (SSSR count). The number of primary amides is 1. The Morgan fingerprint density at radius 1 is 1.03 bits per heavy atom. The molecule has 2 aromatic carbocycles. The number of nitrogens with two attached hydrogens (primary N) is 1. The standard InChI is InChI=1S/C13H13NO5S.C8H5F4NO/c1-18-11-4-3-5-12(19-2)13(11)10-7-6-9(8-14-10)20(15,16)17;9-4-1-2-5(7(13)14)6(3-4)8(10,11)12/h3-8H,1-2H3,(H,15,16,17);1-3H,(H2,13,14). The molecule has 0 radical (unpaired) electrons. The predicted molar refractivity (Wildman–Crippen MR) is 113 cm³/mol. The molecule has 34 heavy (non-hydrogen) atoms. The van der Waals surface area contributed by atoms with Gasteiger partial charge in [-0.25, -0.2) is 4.39 Å². The van der Waals surface area contributed by atoms with E-state index in [4.69, 9.17) is 19.8 Å². The van der Waals surface area contributed by atoms with Gasteiger partial charge in [-0.15, -0.1) is 0 Å². The summed E-state index contributed by atoms with van der Waals surface area (Å²) in [5.41, 5.74) is 3.70. The van der Waals surface area contributed by atoms with E-state index in [2.05, 4.69) is 4.98 Å². The maximum Gasteiger partial charge on any atom is 0.417 e. The van der Waals surface area contributed by atoms with Gasteiger partial charge in [0.2, 0.25) is 5.91 Å². The number of halogens is 4. The molecule has 3 N–H and O–H groups in total. The van der Waals surface area contributed by atoms with Crippen molar-refractivity contribution in [3.8, 4) is 22.8 Å². The number of benzene rings is 2. The van der Waals surface area contributed by atoms with Crippen LogP contribution in [0.2, 0.25) is 0 Å². The van der Waals surface area contributed by atoms with E-state index in [1.165, 1.54) is 26.4 Å². The molecule has 13 heteroatoms. The Kier molecular flexibility index (Phi) is 8.18. The van der Waals surface area contributed by atoms with Crippen molar-refractivity contribution in [2.24, 2.45) is 5.73 Å². The van der Waals surface area contributed by atoms with Gasteiger partial charge in [0, 0.05) is 6.20 Å². The van der Waals surface area contributed by atoms with Crippen LogP contribution in [-0.2, 0) is 16.3 Å². The molecule has 0 aliphatic rings. The van der Waals surface area contributed by atoms with Gasteiger partial charge < -0.3 is 15.2 Å². The molecular weight excluding hydrogens is 484 g/mol. The number of carbonyl (C=O) groups is 1. The van der Waals surface area contributed by atoms with Crippen molar-refractivity contribution in [1.29, 1.82) is 0 Å². The number of amides is 1. The van der Waals surface area contributed by atoms with Crippen molar-refractivity contribution in [2.75, 3.05) is 14.2 Å². The third kappa shape index (κ3) is 6.42. The Labute approximate surface area is 191 Å². The summed E-state index contributed by atoms with van der Waals surface area (Å²) in [6, 6.07) is 9.70. The molecule has 3 aromatic rings. The van der Waals surface area contributed by atoms with Gasteiger partial charge >= 0.3 is 6.18 Å². The molecule has 1 heterocycles. The number of hydrogen-bond acceptors (Lipinski definition) is 6. The molecule has 1 aromatic heterocycles. The quantitative estimate of drug-likeness (QED) is 0.399. The zero-order chi connectivity index (χ0) is 25.7. The summed E-state index contributed by atoms with van der Waals surface area (Å²) in [5.74, 6) is -1.20. The van der Waals surface area contributed by atoms with E-state index in [9.17, 15) is 30.8 Å². The fourth-order valence-corrected chi connectivity index (χ4v) is 3.18. The molecule has 0 unspecified atom stereocenters. The highest BCUT2D eigenvalue weighted by atomic mass is 32.2. The van der Waals surface area contributed by atoms with E-state index in [0.717, 1.165) is 12.3 Å². The largest absolute Gasteiger partial charge is 0.496 e. The van der Waals surface area contributed by atoms with E-state index in [0.29, 0.717) is 28.8 Å². The normalized spacial score (nSPS) is 11.3. The maximum absolute atomic E-state index is 12.5. The Bertz CT molecular complexity index is 1260. The minimum Gasteiger partial charge on any atom is -0.496 e. The smallest absolute Gasteiger partial charge is 0.417 e. The Hall–Kier alpha value is -3.71. The second-order valence-corrected chi connectivity index (χ2v) is 7.87. The fourth-order valence-electron chi connectivity index (χ4n) is 2.75. The molecule has 1 amide bonds. The number of alkyl halides is 3. The lowest BCUT2D eigenvalue weighted by molar-refractivity contribution is -0.138. The van der Waals surface area contributed by atoms with Crippen molar-refractivity contribution in [3.63, 3.8) is 0 Å². The van der Waals surface area contributed by atoms with Crippen molar-refractivity contribution in [2.45, 2.75) is 11.1 Å². The van der Waals surface area contributed by atoms with Gasteiger partial charge in [-0.1, -0.05) is 6.07 Å². The summed E-state index contributed by atoms with van der Waals surface area (Å²) in [6.07, 6.45) is -3.71. The van der Waals surface area contributed by atoms with Crippen LogP contribution < -0.4 is 15.2 Å². The summed E-state index contributed by atoms with van der Waals surface area (Å²) >= 11 is 0. The first-order valence-corrected chi connectivity index (χ1v) is 10.5. The molecule has 0 atom stereocenters. The van der Waals surface area contributed by atoms with Crippen molar-refractivity contribution in [3.05, 3.63) is 71.7 Å². The second-order valence-electron chi connectivity index (χ2n) is 6.44. The molecule has 0 bridgehead atoms. The van der Waals surface area contributed by atoms with Crippen LogP contribution >= 0.6 is 0 Å². The molecule has 0 aliphatic heterocycles. The van der Waals surface area contributed by atoms with Gasteiger partial charge in [0.15, 0.2) is 0 Å². The number of aromatic nitrogens is 1. The van der Waals surface area contributed by atoms with Crippen LogP contribution in [0, 0.1) is 5.82 Å². The number of ether oxygens (including phenoxy) is 2. The van der Waals surface area contributed by atoms with Crippen LogP contribution in [0.3, 0.4) is 0 Å². The summed E-state index contributed by atoms with van der Waals surface area (Å²) in [6.45, 7) is 0. The average Bonchev–Trinajstić information content (AvgIpc) is 2.77. The molecule has 0 saturated heterocycles. The summed E-state index contributed by atoms with van der Waals surface area (Å²) in [7, 11) is -1.22. The predicted octanol–water partition coefficient (Wildman–Crippen LogP) is 3.96. The first kappa shape index (κ1) is 26.5. The van der Waals surface area contributed by atoms with Crippen LogP contribution in [0.4, 0.5) is 17.6 Å². The third-order valence-electron chi connectivity index (χ3n) is 4.27. The van der Waals surface area contributed by atoms with Crippen LogP contribution in [0.25, 0.3) is 11.3 Å². The highest BCUT2D eigenvalue weighted by Gasteiger charge is 2.35. The number of nitrogens with zero attached hydrogens (tertiary/aromatic N) is 1. The van der Waals surface area contributed by atoms with Crippen molar-refractivity contribution >= 4 is 16.0 Å². The Morgan fingerprint density at radius 3 is 2.03 bits per heavy atom. The number of pyridine rings is 1. The molecule has 182 valence electrons. The van der Waals surface area contributed by atoms with Crippen molar-refractivity contribution in [1.82, 2.24) is 4.98 Å². The lowest BCUT2D eigenvalue weighted by atomic mass is 10.1. The van der Waals surface area contributed by atoms with Gasteiger partial charge in [-0.05, 0) is 42.5 Å². The van der Waals surface area contributed by atoms with Gasteiger partial charge in [0.1, 0.15) is 22.2 Å². The van der Waals surface area contributed by atoms with E-state index in [-0.39, 0.29) is 11.0 Å². The molecule has 0 spiro atoms. The summed E-state index contributed by atoms with van der Waals surface area (Å²) < 4.78 is 90.6. The Balaban J connectivity index is 0.000000257. The topological polar surface area (TPSA) is 129 Å². The number of carbonyl (C=O) groups excluding carboxylic acids is 1. The SMILES string of the molecule is COc1cccc(OC)c1-c1ccc(S(=O)(=O)O)cn1.NC(=O)c1ccc(F)cc1C(F)(F)F. The average molecular weight is 502 g/mol. The van der Waals surface area contributed by atoms with Crippen LogP contribution in [0.5, 0.6) is 11.5 Å². The summed E-state index contributed by atoms with van der Waals surface area (Å²) in [5, 5.41) is 0. The molecule has 0 fully saturated rings.